The van der Waals surface area contributed by atoms with Gasteiger partial charge in [0.15, 0.2) is 0 Å². The van der Waals surface area contributed by atoms with Crippen molar-refractivity contribution >= 4 is 14.0 Å². The first-order valence-electron chi connectivity index (χ1n) is 11.0. The Morgan fingerprint density at radius 3 is 2.49 bits per heavy atom. The number of aliphatic hydroxyl groups excluding tert-OH is 1. The van der Waals surface area contributed by atoms with Gasteiger partial charge in [-0.15, -0.1) is 0 Å². The highest BCUT2D eigenvalue weighted by Crippen LogP contribution is 2.34. The maximum atomic E-state index is 13.8. The summed E-state index contributed by atoms with van der Waals surface area (Å²) in [5, 5.41) is 9.67. The summed E-state index contributed by atoms with van der Waals surface area (Å²) >= 11 is 0. The number of aryl methyl sites for hydroxylation is 1. The maximum absolute atomic E-state index is 13.8. The van der Waals surface area contributed by atoms with Crippen LogP contribution < -0.4 is 0 Å². The number of hydrogen-bond acceptors (Lipinski definition) is 5. The number of aliphatic hydroxyl groups is 1. The van der Waals surface area contributed by atoms with E-state index in [0.717, 1.165) is 22.4 Å². The number of pyridine rings is 1. The molecule has 2 unspecified atom stereocenters. The molecule has 6 nitrogen and oxygen atoms in total. The molecule has 0 bridgehead atoms. The molecule has 0 saturated carbocycles. The Balaban J connectivity index is 2.08. The Hall–Kier alpha value is -3.43. The van der Waals surface area contributed by atoms with Gasteiger partial charge in [-0.25, -0.2) is 4.39 Å². The van der Waals surface area contributed by atoms with E-state index in [9.17, 15) is 18.9 Å². The number of carbonyl (C=O) groups excluding carboxylic acids is 1. The molecule has 0 fully saturated rings. The lowest BCUT2D eigenvalue weighted by molar-refractivity contribution is -0.138. The Morgan fingerprint density at radius 1 is 1.14 bits per heavy atom. The smallest absolute Gasteiger partial charge is 0.388 e. The van der Waals surface area contributed by atoms with Crippen LogP contribution in [-0.4, -0.2) is 33.2 Å². The number of ether oxygens (including phenoxy) is 1. The Morgan fingerprint density at radius 2 is 1.86 bits per heavy atom. The number of rotatable bonds is 7. The zero-order valence-electron chi connectivity index (χ0n) is 19.7. The number of carbonyl (C=O) groups is 1. The summed E-state index contributed by atoms with van der Waals surface area (Å²) in [5.41, 5.74) is 5.08. The molecule has 1 aromatic heterocycles. The highest BCUT2D eigenvalue weighted by Gasteiger charge is 2.22. The average molecular weight is 494 g/mol. The molecule has 0 aliphatic rings. The molecule has 2 N–H and O–H groups in total. The normalized spacial score (nSPS) is 12.0. The van der Waals surface area contributed by atoms with Crippen molar-refractivity contribution in [3.8, 4) is 34.4 Å². The molecule has 0 saturated heterocycles. The van der Waals surface area contributed by atoms with E-state index in [4.69, 9.17) is 14.6 Å². The molecule has 180 valence electrons. The SMILES string of the molecule is Cc1cc(F)ccc1-c1cc(-c2ccccc2)nc(C(C)C)c1C#COC(=O)CC(O)C[P+](=O)O. The maximum Gasteiger partial charge on any atom is 0.508 e. The largest absolute Gasteiger partial charge is 0.508 e. The molecule has 0 amide bonds. The van der Waals surface area contributed by atoms with E-state index in [0.29, 0.717) is 16.8 Å². The molecule has 8 heteroatoms. The zero-order chi connectivity index (χ0) is 25.5. The van der Waals surface area contributed by atoms with Crippen molar-refractivity contribution < 1.29 is 28.5 Å². The van der Waals surface area contributed by atoms with E-state index >= 15 is 0 Å². The molecule has 1 heterocycles. The van der Waals surface area contributed by atoms with E-state index in [-0.39, 0.29) is 11.7 Å². The lowest BCUT2D eigenvalue weighted by Gasteiger charge is -2.17. The van der Waals surface area contributed by atoms with Crippen molar-refractivity contribution in [1.29, 1.82) is 0 Å². The predicted molar refractivity (Wildman–Crippen MR) is 132 cm³/mol. The summed E-state index contributed by atoms with van der Waals surface area (Å²) in [6, 6.07) is 16.0. The van der Waals surface area contributed by atoms with Gasteiger partial charge in [-0.2, -0.15) is 4.89 Å². The van der Waals surface area contributed by atoms with Crippen LogP contribution in [0.25, 0.3) is 22.4 Å². The minimum atomic E-state index is -2.57. The van der Waals surface area contributed by atoms with E-state index < -0.39 is 32.7 Å². The van der Waals surface area contributed by atoms with Crippen LogP contribution in [0.1, 0.15) is 43.0 Å². The van der Waals surface area contributed by atoms with Gasteiger partial charge in [0.25, 0.3) is 0 Å². The molecular weight excluding hydrogens is 468 g/mol. The van der Waals surface area contributed by atoms with Gasteiger partial charge in [0.05, 0.1) is 23.4 Å². The topological polar surface area (TPSA) is 96.7 Å². The van der Waals surface area contributed by atoms with Crippen molar-refractivity contribution in [2.24, 2.45) is 0 Å². The number of nitrogens with zero attached hydrogens (tertiary/aromatic N) is 1. The number of halogens is 1. The van der Waals surface area contributed by atoms with Gasteiger partial charge in [0.2, 0.25) is 6.16 Å². The fourth-order valence-corrected chi connectivity index (χ4v) is 4.11. The highest BCUT2D eigenvalue weighted by molar-refractivity contribution is 7.38. The minimum Gasteiger partial charge on any atom is -0.388 e. The Kier molecular flexibility index (Phi) is 8.84. The fraction of sp³-hybridized carbons (Fsp3) is 0.259. The molecule has 0 aliphatic carbocycles. The van der Waals surface area contributed by atoms with Crippen LogP contribution in [-0.2, 0) is 14.1 Å². The number of esters is 1. The number of hydrogen-bond donors (Lipinski definition) is 2. The van der Waals surface area contributed by atoms with Gasteiger partial charge < -0.3 is 9.84 Å². The van der Waals surface area contributed by atoms with Crippen LogP contribution in [0.4, 0.5) is 4.39 Å². The quantitative estimate of drug-likeness (QED) is 0.262. The number of aromatic nitrogens is 1. The third-order valence-electron chi connectivity index (χ3n) is 5.25. The van der Waals surface area contributed by atoms with Crippen molar-refractivity contribution in [2.45, 2.75) is 39.2 Å². The van der Waals surface area contributed by atoms with Gasteiger partial charge in [-0.1, -0.05) is 50.2 Å². The molecule has 0 radical (unpaired) electrons. The van der Waals surface area contributed by atoms with Gasteiger partial charge in [0.1, 0.15) is 18.0 Å². The standard InChI is InChI=1S/C27H25FNO5P/c1-17(2)27-23(11-12-34-26(31)14-21(30)16-35(32)33)24(22-10-9-20(28)13-18(22)3)15-25(29-27)19-7-5-4-6-8-19/h4-10,13,15,17,21,30H,14,16H2,1-3H3/p+1. The number of benzene rings is 2. The summed E-state index contributed by atoms with van der Waals surface area (Å²) < 4.78 is 29.6. The van der Waals surface area contributed by atoms with Crippen LogP contribution in [0.5, 0.6) is 0 Å². The van der Waals surface area contributed by atoms with Gasteiger partial charge in [0, 0.05) is 11.1 Å². The van der Waals surface area contributed by atoms with Gasteiger partial charge in [-0.05, 0) is 52.7 Å². The monoisotopic (exact) mass is 494 g/mol. The van der Waals surface area contributed by atoms with Crippen molar-refractivity contribution in [3.63, 3.8) is 0 Å². The molecule has 0 aliphatic heterocycles. The van der Waals surface area contributed by atoms with E-state index in [1.165, 1.54) is 12.1 Å². The lowest BCUT2D eigenvalue weighted by atomic mass is 9.91. The summed E-state index contributed by atoms with van der Waals surface area (Å²) in [5.74, 6) is 1.69. The lowest BCUT2D eigenvalue weighted by Crippen LogP contribution is -2.16. The summed E-state index contributed by atoms with van der Waals surface area (Å²) in [7, 11) is -2.57. The molecule has 0 spiro atoms. The summed E-state index contributed by atoms with van der Waals surface area (Å²) in [6.45, 7) is 5.75. The molecule has 3 aromatic rings. The fourth-order valence-electron chi connectivity index (χ4n) is 3.62. The second-order valence-corrected chi connectivity index (χ2v) is 9.46. The van der Waals surface area contributed by atoms with Gasteiger partial charge in [-0.3, -0.25) is 9.78 Å². The van der Waals surface area contributed by atoms with Crippen LogP contribution in [0, 0.1) is 24.8 Å². The third-order valence-corrected chi connectivity index (χ3v) is 5.99. The zero-order valence-corrected chi connectivity index (χ0v) is 20.6. The van der Waals surface area contributed by atoms with E-state index in [1.807, 2.05) is 50.2 Å². The molecule has 2 atom stereocenters. The first kappa shape index (κ1) is 26.2. The third kappa shape index (κ3) is 7.03. The van der Waals surface area contributed by atoms with Crippen molar-refractivity contribution in [2.75, 3.05) is 6.16 Å². The average Bonchev–Trinajstić information content (AvgIpc) is 2.79. The van der Waals surface area contributed by atoms with E-state index in [1.54, 1.807) is 13.0 Å². The molecular formula is C27H26FNO5P+. The second-order valence-electron chi connectivity index (χ2n) is 8.39. The molecule has 3 rings (SSSR count). The Bertz CT molecular complexity index is 1300. The van der Waals surface area contributed by atoms with Crippen LogP contribution in [0.3, 0.4) is 0 Å². The molecule has 2 aromatic carbocycles. The molecule has 35 heavy (non-hydrogen) atoms. The minimum absolute atomic E-state index is 0.0270. The van der Waals surface area contributed by atoms with E-state index in [2.05, 4.69) is 12.0 Å². The van der Waals surface area contributed by atoms with Crippen LogP contribution in [0.15, 0.2) is 54.6 Å². The van der Waals surface area contributed by atoms with Gasteiger partial charge >= 0.3 is 14.0 Å². The van der Waals surface area contributed by atoms with Crippen LogP contribution in [0.2, 0.25) is 0 Å². The van der Waals surface area contributed by atoms with Crippen LogP contribution >= 0.6 is 8.03 Å². The second kappa shape index (κ2) is 11.8. The predicted octanol–water partition coefficient (Wildman–Crippen LogP) is 5.32. The summed E-state index contributed by atoms with van der Waals surface area (Å²) in [4.78, 5) is 25.7. The Labute approximate surface area is 204 Å². The first-order chi connectivity index (χ1) is 16.7. The first-order valence-corrected chi connectivity index (χ1v) is 12.4. The van der Waals surface area contributed by atoms with Crippen molar-refractivity contribution in [3.05, 3.63) is 77.2 Å². The highest BCUT2D eigenvalue weighted by atomic mass is 31.1. The summed E-state index contributed by atoms with van der Waals surface area (Å²) in [6.07, 6.45) is 0.220. The van der Waals surface area contributed by atoms with Crippen molar-refractivity contribution in [1.82, 2.24) is 4.98 Å².